The first-order valence-corrected chi connectivity index (χ1v) is 11.1. The summed E-state index contributed by atoms with van der Waals surface area (Å²) in [5, 5.41) is 20.4. The largest absolute Gasteiger partial charge is 0.480 e. The Morgan fingerprint density at radius 1 is 0.960 bits per heavy atom. The SMILES string of the molecule is CCCCCCCC(CCCCCCN[C@@H](CO)C(=O)O)P(=O)(O)O. The summed E-state index contributed by atoms with van der Waals surface area (Å²) in [6.45, 7) is 2.22. The van der Waals surface area contributed by atoms with Gasteiger partial charge in [0.2, 0.25) is 0 Å². The maximum atomic E-state index is 11.6. The number of nitrogens with one attached hydrogen (secondary N) is 1. The van der Waals surface area contributed by atoms with E-state index in [1.807, 2.05) is 0 Å². The molecule has 0 aromatic heterocycles. The molecule has 7 nitrogen and oxygen atoms in total. The van der Waals surface area contributed by atoms with Crippen LogP contribution in [0.15, 0.2) is 0 Å². The van der Waals surface area contributed by atoms with Crippen LogP contribution >= 0.6 is 7.60 Å². The molecule has 0 radical (unpaired) electrons. The number of aliphatic hydroxyl groups excluding tert-OH is 1. The van der Waals surface area contributed by atoms with Crippen LogP contribution in [0.3, 0.4) is 0 Å². The Labute approximate surface area is 151 Å². The summed E-state index contributed by atoms with van der Waals surface area (Å²) < 4.78 is 11.6. The highest BCUT2D eigenvalue weighted by molar-refractivity contribution is 7.52. The van der Waals surface area contributed by atoms with Crippen molar-refractivity contribution in [1.82, 2.24) is 5.32 Å². The van der Waals surface area contributed by atoms with Crippen LogP contribution in [0.2, 0.25) is 0 Å². The minimum atomic E-state index is -4.03. The molecule has 1 unspecified atom stereocenters. The van der Waals surface area contributed by atoms with Crippen molar-refractivity contribution in [3.63, 3.8) is 0 Å². The van der Waals surface area contributed by atoms with Crippen LogP contribution in [0.5, 0.6) is 0 Å². The predicted octanol–water partition coefficient (Wildman–Crippen LogP) is 2.88. The van der Waals surface area contributed by atoms with Crippen molar-refractivity contribution in [3.8, 4) is 0 Å². The number of rotatable bonds is 17. The van der Waals surface area contributed by atoms with Gasteiger partial charge in [-0.15, -0.1) is 0 Å². The average Bonchev–Trinajstić information content (AvgIpc) is 2.53. The van der Waals surface area contributed by atoms with Gasteiger partial charge < -0.3 is 25.3 Å². The third kappa shape index (κ3) is 13.4. The Morgan fingerprint density at radius 3 is 1.92 bits per heavy atom. The molecule has 0 amide bonds. The lowest BCUT2D eigenvalue weighted by molar-refractivity contribution is -0.140. The van der Waals surface area contributed by atoms with Gasteiger partial charge in [-0.05, 0) is 25.8 Å². The van der Waals surface area contributed by atoms with Crippen LogP contribution in [0.1, 0.15) is 77.6 Å². The third-order valence-electron chi connectivity index (χ3n) is 4.45. The molecule has 2 atom stereocenters. The first-order chi connectivity index (χ1) is 11.8. The molecule has 5 N–H and O–H groups in total. The second-order valence-electron chi connectivity index (χ2n) is 6.68. The van der Waals surface area contributed by atoms with Gasteiger partial charge in [0, 0.05) is 0 Å². The molecular formula is C17H36NO6P. The lowest BCUT2D eigenvalue weighted by Gasteiger charge is -2.18. The van der Waals surface area contributed by atoms with Crippen molar-refractivity contribution in [2.24, 2.45) is 0 Å². The predicted molar refractivity (Wildman–Crippen MR) is 98.8 cm³/mol. The van der Waals surface area contributed by atoms with Crippen LogP contribution in [0, 0.1) is 0 Å². The highest BCUT2D eigenvalue weighted by Gasteiger charge is 2.27. The van der Waals surface area contributed by atoms with Gasteiger partial charge in [0.05, 0.1) is 12.3 Å². The van der Waals surface area contributed by atoms with E-state index in [-0.39, 0.29) is 0 Å². The molecule has 0 rings (SSSR count). The van der Waals surface area contributed by atoms with Crippen molar-refractivity contribution in [2.75, 3.05) is 13.2 Å². The standard InChI is InChI=1S/C17H36NO6P/c1-2-3-4-5-8-11-15(25(22,23)24)12-9-6-7-10-13-18-16(14-19)17(20)21/h15-16,18-19H,2-14H2,1H3,(H,20,21)(H2,22,23,24)/t15?,16-/m0/s1. The fourth-order valence-corrected chi connectivity index (χ4v) is 3.87. The Bertz CT molecular complexity index is 387. The Morgan fingerprint density at radius 2 is 1.48 bits per heavy atom. The topological polar surface area (TPSA) is 127 Å². The number of aliphatic carboxylic acids is 1. The number of unbranched alkanes of at least 4 members (excludes halogenated alkanes) is 7. The van der Waals surface area contributed by atoms with E-state index in [0.29, 0.717) is 19.4 Å². The van der Waals surface area contributed by atoms with Crippen LogP contribution in [0.4, 0.5) is 0 Å². The van der Waals surface area contributed by atoms with E-state index >= 15 is 0 Å². The number of aliphatic hydroxyl groups is 1. The number of carboxylic acids is 1. The van der Waals surface area contributed by atoms with Crippen LogP contribution in [0.25, 0.3) is 0 Å². The van der Waals surface area contributed by atoms with E-state index in [0.717, 1.165) is 51.4 Å². The zero-order chi connectivity index (χ0) is 19.1. The molecule has 0 heterocycles. The summed E-state index contributed by atoms with van der Waals surface area (Å²) in [6, 6.07) is -0.924. The van der Waals surface area contributed by atoms with Gasteiger partial charge in [-0.25, -0.2) is 0 Å². The fourth-order valence-electron chi connectivity index (χ4n) is 2.83. The molecule has 0 aliphatic rings. The van der Waals surface area contributed by atoms with Crippen molar-refractivity contribution < 1.29 is 29.4 Å². The Kier molecular flexibility index (Phi) is 14.4. The lowest BCUT2D eigenvalue weighted by atomic mass is 10.0. The van der Waals surface area contributed by atoms with Crippen molar-refractivity contribution in [2.45, 2.75) is 89.3 Å². The number of hydrogen-bond acceptors (Lipinski definition) is 4. The van der Waals surface area contributed by atoms with E-state index in [2.05, 4.69) is 12.2 Å². The molecular weight excluding hydrogens is 345 g/mol. The third-order valence-corrected chi connectivity index (χ3v) is 5.92. The van der Waals surface area contributed by atoms with E-state index in [1.165, 1.54) is 6.42 Å². The molecule has 8 heteroatoms. The molecule has 0 aromatic carbocycles. The fraction of sp³-hybridized carbons (Fsp3) is 0.941. The smallest absolute Gasteiger partial charge is 0.328 e. The van der Waals surface area contributed by atoms with Gasteiger partial charge >= 0.3 is 13.6 Å². The van der Waals surface area contributed by atoms with Gasteiger partial charge in [0.1, 0.15) is 6.04 Å². The molecule has 25 heavy (non-hydrogen) atoms. The monoisotopic (exact) mass is 381 g/mol. The molecule has 0 spiro atoms. The maximum absolute atomic E-state index is 11.6. The lowest BCUT2D eigenvalue weighted by Crippen LogP contribution is -2.40. The molecule has 0 aromatic rings. The summed E-state index contributed by atoms with van der Waals surface area (Å²) in [5.41, 5.74) is -0.530. The molecule has 0 fully saturated rings. The maximum Gasteiger partial charge on any atom is 0.328 e. The summed E-state index contributed by atoms with van der Waals surface area (Å²) in [7, 11) is -4.03. The number of carboxylic acid groups (broad SMARTS) is 1. The molecule has 0 aliphatic carbocycles. The van der Waals surface area contributed by atoms with Gasteiger partial charge in [0.25, 0.3) is 0 Å². The number of carbonyl (C=O) groups is 1. The summed E-state index contributed by atoms with van der Waals surface area (Å²) in [5.74, 6) is -1.06. The van der Waals surface area contributed by atoms with Gasteiger partial charge in [-0.3, -0.25) is 9.36 Å². The Hall–Kier alpha value is -0.460. The quantitative estimate of drug-likeness (QED) is 0.194. The van der Waals surface area contributed by atoms with Crippen molar-refractivity contribution in [1.29, 1.82) is 0 Å². The van der Waals surface area contributed by atoms with E-state index < -0.39 is 31.9 Å². The zero-order valence-electron chi connectivity index (χ0n) is 15.4. The van der Waals surface area contributed by atoms with Crippen molar-refractivity contribution >= 4 is 13.6 Å². The summed E-state index contributed by atoms with van der Waals surface area (Å²) in [4.78, 5) is 29.7. The van der Waals surface area contributed by atoms with Crippen LogP contribution in [-0.4, -0.2) is 50.8 Å². The van der Waals surface area contributed by atoms with Gasteiger partial charge in [-0.1, -0.05) is 58.3 Å². The van der Waals surface area contributed by atoms with E-state index in [9.17, 15) is 19.1 Å². The van der Waals surface area contributed by atoms with Gasteiger partial charge in [-0.2, -0.15) is 0 Å². The summed E-state index contributed by atoms with van der Waals surface area (Å²) >= 11 is 0. The summed E-state index contributed by atoms with van der Waals surface area (Å²) in [6.07, 6.45) is 9.78. The highest BCUT2D eigenvalue weighted by Crippen LogP contribution is 2.46. The number of hydrogen-bond donors (Lipinski definition) is 5. The van der Waals surface area contributed by atoms with Crippen molar-refractivity contribution in [3.05, 3.63) is 0 Å². The van der Waals surface area contributed by atoms with E-state index in [1.54, 1.807) is 0 Å². The zero-order valence-corrected chi connectivity index (χ0v) is 16.3. The minimum absolute atomic E-state index is 0.433. The second-order valence-corrected chi connectivity index (χ2v) is 8.58. The van der Waals surface area contributed by atoms with Gasteiger partial charge in [0.15, 0.2) is 0 Å². The average molecular weight is 381 g/mol. The molecule has 0 saturated heterocycles. The van der Waals surface area contributed by atoms with E-state index in [4.69, 9.17) is 10.2 Å². The Balaban J connectivity index is 3.84. The highest BCUT2D eigenvalue weighted by atomic mass is 31.2. The molecule has 0 saturated carbocycles. The molecule has 0 bridgehead atoms. The second kappa shape index (κ2) is 14.7. The minimum Gasteiger partial charge on any atom is -0.480 e. The van der Waals surface area contributed by atoms with Crippen LogP contribution in [-0.2, 0) is 9.36 Å². The first kappa shape index (κ1) is 24.5. The molecule has 0 aliphatic heterocycles. The normalized spacial score (nSPS) is 14.4. The van der Waals surface area contributed by atoms with Crippen LogP contribution < -0.4 is 5.32 Å². The molecule has 150 valence electrons. The first-order valence-electron chi connectivity index (χ1n) is 9.45.